The Balaban J connectivity index is 2.05. The van der Waals surface area contributed by atoms with Gasteiger partial charge in [0.15, 0.2) is 0 Å². The number of imidazole rings is 1. The summed E-state index contributed by atoms with van der Waals surface area (Å²) < 4.78 is 2.12. The van der Waals surface area contributed by atoms with Crippen LogP contribution in [-0.4, -0.2) is 34.2 Å². The van der Waals surface area contributed by atoms with Crippen LogP contribution in [-0.2, 0) is 7.05 Å². The molecule has 1 N–H and O–H groups in total. The highest BCUT2D eigenvalue weighted by molar-refractivity contribution is 5.33. The molecule has 0 aliphatic carbocycles. The molecular weight excluding hydrogens is 224 g/mol. The summed E-state index contributed by atoms with van der Waals surface area (Å²) in [5.74, 6) is 1.11. The van der Waals surface area contributed by atoms with Crippen LogP contribution in [0.25, 0.3) is 0 Å². The van der Waals surface area contributed by atoms with Crippen molar-refractivity contribution >= 4 is 5.95 Å². The van der Waals surface area contributed by atoms with Crippen LogP contribution in [0.1, 0.15) is 40.0 Å². The van der Waals surface area contributed by atoms with E-state index >= 15 is 0 Å². The molecule has 0 amide bonds. The highest BCUT2D eigenvalue weighted by Gasteiger charge is 2.26. The van der Waals surface area contributed by atoms with Crippen molar-refractivity contribution in [1.82, 2.24) is 14.9 Å². The molecule has 0 saturated carbocycles. The normalized spacial score (nSPS) is 21.3. The van der Waals surface area contributed by atoms with Gasteiger partial charge in [0.2, 0.25) is 5.95 Å². The third-order valence-corrected chi connectivity index (χ3v) is 3.55. The molecule has 0 radical (unpaired) electrons. The van der Waals surface area contributed by atoms with E-state index in [0.717, 1.165) is 19.0 Å². The molecule has 18 heavy (non-hydrogen) atoms. The molecule has 102 valence electrons. The fourth-order valence-electron chi connectivity index (χ4n) is 2.53. The number of anilines is 1. The molecule has 0 bridgehead atoms. The zero-order chi connectivity index (χ0) is 13.2. The van der Waals surface area contributed by atoms with E-state index in [1.54, 1.807) is 0 Å². The van der Waals surface area contributed by atoms with Crippen molar-refractivity contribution in [2.75, 3.05) is 18.0 Å². The first kappa shape index (κ1) is 13.4. The first-order valence-corrected chi connectivity index (χ1v) is 6.96. The summed E-state index contributed by atoms with van der Waals surface area (Å²) in [6.07, 6.45) is 7.78. The molecule has 1 aliphatic heterocycles. The lowest BCUT2D eigenvalue weighted by molar-refractivity contribution is 0.363. The Hall–Kier alpha value is -1.03. The summed E-state index contributed by atoms with van der Waals surface area (Å²) in [7, 11) is 2.07. The quantitative estimate of drug-likeness (QED) is 0.892. The maximum Gasteiger partial charge on any atom is 0.205 e. The number of nitrogens with zero attached hydrogens (tertiary/aromatic N) is 3. The number of rotatable bonds is 3. The molecule has 1 aliphatic rings. The predicted molar refractivity (Wildman–Crippen MR) is 75.9 cm³/mol. The van der Waals surface area contributed by atoms with E-state index in [1.165, 1.54) is 19.3 Å². The fraction of sp³-hybridized carbons (Fsp3) is 0.786. The van der Waals surface area contributed by atoms with Gasteiger partial charge >= 0.3 is 0 Å². The smallest absolute Gasteiger partial charge is 0.205 e. The zero-order valence-electron chi connectivity index (χ0n) is 12.1. The van der Waals surface area contributed by atoms with Gasteiger partial charge in [0, 0.05) is 44.1 Å². The van der Waals surface area contributed by atoms with E-state index in [9.17, 15) is 0 Å². The monoisotopic (exact) mass is 250 g/mol. The summed E-state index contributed by atoms with van der Waals surface area (Å²) >= 11 is 0. The lowest BCUT2D eigenvalue weighted by atomic mass is 10.0. The van der Waals surface area contributed by atoms with Crippen LogP contribution in [0, 0.1) is 0 Å². The van der Waals surface area contributed by atoms with Crippen molar-refractivity contribution in [3.05, 3.63) is 12.4 Å². The van der Waals surface area contributed by atoms with Crippen molar-refractivity contribution in [2.45, 2.75) is 51.6 Å². The maximum absolute atomic E-state index is 4.50. The average molecular weight is 250 g/mol. The molecule has 1 aromatic rings. The summed E-state index contributed by atoms with van der Waals surface area (Å²) in [5, 5.41) is 3.62. The van der Waals surface area contributed by atoms with Gasteiger partial charge in [-0.05, 0) is 40.0 Å². The van der Waals surface area contributed by atoms with E-state index in [1.807, 2.05) is 12.4 Å². The molecule has 1 unspecified atom stereocenters. The molecule has 1 aromatic heterocycles. The van der Waals surface area contributed by atoms with Crippen molar-refractivity contribution in [2.24, 2.45) is 7.05 Å². The van der Waals surface area contributed by atoms with Gasteiger partial charge in [-0.15, -0.1) is 0 Å². The number of nitrogens with one attached hydrogen (secondary N) is 1. The van der Waals surface area contributed by atoms with E-state index in [0.29, 0.717) is 6.04 Å². The van der Waals surface area contributed by atoms with Crippen LogP contribution in [0.5, 0.6) is 0 Å². The van der Waals surface area contributed by atoms with Crippen molar-refractivity contribution in [3.8, 4) is 0 Å². The van der Waals surface area contributed by atoms with Crippen LogP contribution in [0.3, 0.4) is 0 Å². The van der Waals surface area contributed by atoms with Gasteiger partial charge in [0.1, 0.15) is 0 Å². The number of piperidine rings is 1. The van der Waals surface area contributed by atoms with Gasteiger partial charge in [-0.1, -0.05) is 0 Å². The van der Waals surface area contributed by atoms with Crippen LogP contribution in [0.2, 0.25) is 0 Å². The Morgan fingerprint density at radius 3 is 2.78 bits per heavy atom. The minimum Gasteiger partial charge on any atom is -0.338 e. The molecular formula is C14H26N4. The molecule has 1 fully saturated rings. The van der Waals surface area contributed by atoms with E-state index < -0.39 is 0 Å². The molecule has 2 heterocycles. The molecule has 1 saturated heterocycles. The van der Waals surface area contributed by atoms with Crippen molar-refractivity contribution in [1.29, 1.82) is 0 Å². The predicted octanol–water partition coefficient (Wildman–Crippen LogP) is 2.17. The topological polar surface area (TPSA) is 33.1 Å². The van der Waals surface area contributed by atoms with Gasteiger partial charge in [-0.2, -0.15) is 0 Å². The minimum atomic E-state index is 0.185. The molecule has 4 nitrogen and oxygen atoms in total. The van der Waals surface area contributed by atoms with Crippen LogP contribution in [0.15, 0.2) is 12.4 Å². The third-order valence-electron chi connectivity index (χ3n) is 3.55. The average Bonchev–Trinajstić information content (AvgIpc) is 2.72. The molecule has 0 aromatic carbocycles. The molecule has 0 spiro atoms. The first-order valence-electron chi connectivity index (χ1n) is 6.96. The lowest BCUT2D eigenvalue weighted by Gasteiger charge is -2.38. The van der Waals surface area contributed by atoms with Gasteiger partial charge in [-0.25, -0.2) is 4.98 Å². The number of aryl methyl sites for hydroxylation is 1. The van der Waals surface area contributed by atoms with E-state index in [2.05, 4.69) is 47.6 Å². The Morgan fingerprint density at radius 2 is 2.17 bits per heavy atom. The largest absolute Gasteiger partial charge is 0.338 e. The zero-order valence-corrected chi connectivity index (χ0v) is 12.1. The Labute approximate surface area is 110 Å². The van der Waals surface area contributed by atoms with E-state index in [4.69, 9.17) is 0 Å². The van der Waals surface area contributed by atoms with Crippen molar-refractivity contribution < 1.29 is 0 Å². The van der Waals surface area contributed by atoms with Gasteiger partial charge in [0.25, 0.3) is 0 Å². The first-order chi connectivity index (χ1) is 8.47. The number of hydrogen-bond donors (Lipinski definition) is 1. The summed E-state index contributed by atoms with van der Waals surface area (Å²) in [5.41, 5.74) is 0.185. The van der Waals surface area contributed by atoms with E-state index in [-0.39, 0.29) is 5.54 Å². The summed E-state index contributed by atoms with van der Waals surface area (Å²) in [6, 6.07) is 0.569. The maximum atomic E-state index is 4.50. The SMILES string of the molecule is Cn1ccnc1N1CCCCC1CNC(C)(C)C. The second kappa shape index (κ2) is 5.31. The number of hydrogen-bond acceptors (Lipinski definition) is 3. The fourth-order valence-corrected chi connectivity index (χ4v) is 2.53. The van der Waals surface area contributed by atoms with Gasteiger partial charge in [-0.3, -0.25) is 0 Å². The van der Waals surface area contributed by atoms with Crippen LogP contribution >= 0.6 is 0 Å². The number of aromatic nitrogens is 2. The van der Waals surface area contributed by atoms with Gasteiger partial charge in [0.05, 0.1) is 0 Å². The third kappa shape index (κ3) is 3.25. The lowest BCUT2D eigenvalue weighted by Crippen LogP contribution is -2.50. The Morgan fingerprint density at radius 1 is 1.39 bits per heavy atom. The highest BCUT2D eigenvalue weighted by atomic mass is 15.3. The second-order valence-corrected chi connectivity index (χ2v) is 6.31. The minimum absolute atomic E-state index is 0.185. The molecule has 1 atom stereocenters. The summed E-state index contributed by atoms with van der Waals surface area (Å²) in [6.45, 7) is 8.83. The van der Waals surface area contributed by atoms with Crippen LogP contribution in [0.4, 0.5) is 5.95 Å². The molecule has 4 heteroatoms. The second-order valence-electron chi connectivity index (χ2n) is 6.31. The van der Waals surface area contributed by atoms with Crippen molar-refractivity contribution in [3.63, 3.8) is 0 Å². The van der Waals surface area contributed by atoms with Gasteiger partial charge < -0.3 is 14.8 Å². The standard InChI is InChI=1S/C14H26N4/c1-14(2,3)16-11-12-7-5-6-9-18(12)13-15-8-10-17(13)4/h8,10,12,16H,5-7,9,11H2,1-4H3. The van der Waals surface area contributed by atoms with Crippen LogP contribution < -0.4 is 10.2 Å². The molecule has 2 rings (SSSR count). The summed E-state index contributed by atoms with van der Waals surface area (Å²) in [4.78, 5) is 6.96. The Kier molecular flexibility index (Phi) is 3.95. The highest BCUT2D eigenvalue weighted by Crippen LogP contribution is 2.22. The Bertz CT molecular complexity index is 377.